The van der Waals surface area contributed by atoms with E-state index in [-0.39, 0.29) is 13.2 Å². The van der Waals surface area contributed by atoms with E-state index in [1.807, 2.05) is 30.3 Å². The van der Waals surface area contributed by atoms with Gasteiger partial charge in [-0.25, -0.2) is 4.79 Å². The second-order valence-electron chi connectivity index (χ2n) is 5.15. The predicted octanol–water partition coefficient (Wildman–Crippen LogP) is 1.58. The van der Waals surface area contributed by atoms with Crippen LogP contribution < -0.4 is 10.1 Å². The summed E-state index contributed by atoms with van der Waals surface area (Å²) in [6, 6.07) is 11.3. The lowest BCUT2D eigenvalue weighted by atomic mass is 10.1. The summed E-state index contributed by atoms with van der Waals surface area (Å²) in [5.74, 6) is 6.54. The third-order valence-corrected chi connectivity index (χ3v) is 3.22. The highest BCUT2D eigenvalue weighted by Crippen LogP contribution is 2.22. The average molecular weight is 329 g/mol. The minimum absolute atomic E-state index is 0.0376. The molecular formula is C18H19NO5. The number of hydrogen-bond acceptors (Lipinski definition) is 4. The molecule has 0 spiro atoms. The summed E-state index contributed by atoms with van der Waals surface area (Å²) in [6.45, 7) is 0.00381. The molecule has 1 atom stereocenters. The number of benzene rings is 2. The zero-order valence-corrected chi connectivity index (χ0v) is 13.0. The normalized spacial score (nSPS) is 11.4. The number of aliphatic hydroxyl groups is 2. The second-order valence-corrected chi connectivity index (χ2v) is 5.15. The van der Waals surface area contributed by atoms with Crippen molar-refractivity contribution in [1.29, 1.82) is 0 Å². The van der Waals surface area contributed by atoms with Gasteiger partial charge in [-0.05, 0) is 35.0 Å². The Labute approximate surface area is 139 Å². The Morgan fingerprint density at radius 3 is 2.71 bits per heavy atom. The molecule has 4 N–H and O–H groups in total. The van der Waals surface area contributed by atoms with Crippen LogP contribution in [-0.4, -0.2) is 47.3 Å². The van der Waals surface area contributed by atoms with E-state index in [4.69, 9.17) is 14.9 Å². The van der Waals surface area contributed by atoms with Crippen LogP contribution in [0.3, 0.4) is 0 Å². The maximum absolute atomic E-state index is 10.3. The molecule has 1 amide bonds. The zero-order valence-electron chi connectivity index (χ0n) is 13.0. The molecule has 0 fully saturated rings. The van der Waals surface area contributed by atoms with Gasteiger partial charge in [0.25, 0.3) is 0 Å². The van der Waals surface area contributed by atoms with Gasteiger partial charge in [-0.1, -0.05) is 24.0 Å². The molecule has 6 nitrogen and oxygen atoms in total. The smallest absolute Gasteiger partial charge is 0.404 e. The summed E-state index contributed by atoms with van der Waals surface area (Å²) in [5, 5.41) is 30.8. The Morgan fingerprint density at radius 1 is 1.21 bits per heavy atom. The van der Waals surface area contributed by atoms with Crippen LogP contribution in [0.15, 0.2) is 36.4 Å². The van der Waals surface area contributed by atoms with Crippen LogP contribution in [0.2, 0.25) is 0 Å². The van der Waals surface area contributed by atoms with Crippen LogP contribution in [0.25, 0.3) is 10.8 Å². The largest absolute Gasteiger partial charge is 0.491 e. The van der Waals surface area contributed by atoms with Gasteiger partial charge in [0.05, 0.1) is 6.61 Å². The maximum atomic E-state index is 10.3. The van der Waals surface area contributed by atoms with Gasteiger partial charge >= 0.3 is 6.09 Å². The standard InChI is InChI=1S/C18H19NO5/c20-11-16(21)12-24-17-7-6-14-9-13(4-5-15(14)10-17)3-1-2-8-19-18(22)23/h4-7,9-10,16,19-21H,2,8,11-12H2,(H,22,23). The summed E-state index contributed by atoms with van der Waals surface area (Å²) in [4.78, 5) is 10.3. The Bertz CT molecular complexity index is 763. The van der Waals surface area contributed by atoms with Crippen LogP contribution >= 0.6 is 0 Å². The van der Waals surface area contributed by atoms with Gasteiger partial charge in [0.2, 0.25) is 0 Å². The van der Waals surface area contributed by atoms with Crippen LogP contribution in [0, 0.1) is 11.8 Å². The molecule has 0 aromatic heterocycles. The molecule has 2 aromatic rings. The molecule has 6 heteroatoms. The quantitative estimate of drug-likeness (QED) is 0.476. The van der Waals surface area contributed by atoms with Crippen molar-refractivity contribution in [3.05, 3.63) is 42.0 Å². The number of nitrogens with one attached hydrogen (secondary N) is 1. The lowest BCUT2D eigenvalue weighted by Gasteiger charge is -2.10. The molecule has 0 saturated heterocycles. The van der Waals surface area contributed by atoms with Gasteiger partial charge in [-0.15, -0.1) is 0 Å². The highest BCUT2D eigenvalue weighted by molar-refractivity contribution is 5.85. The number of amides is 1. The van der Waals surface area contributed by atoms with Crippen LogP contribution in [0.1, 0.15) is 12.0 Å². The van der Waals surface area contributed by atoms with Crippen molar-refractivity contribution < 1.29 is 24.9 Å². The predicted molar refractivity (Wildman–Crippen MR) is 90.1 cm³/mol. The lowest BCUT2D eigenvalue weighted by Crippen LogP contribution is -2.21. The monoisotopic (exact) mass is 329 g/mol. The van der Waals surface area contributed by atoms with Crippen molar-refractivity contribution in [3.8, 4) is 17.6 Å². The average Bonchev–Trinajstić information content (AvgIpc) is 2.58. The van der Waals surface area contributed by atoms with E-state index in [2.05, 4.69) is 17.2 Å². The number of hydrogen-bond donors (Lipinski definition) is 4. The minimum atomic E-state index is -1.05. The first-order valence-corrected chi connectivity index (χ1v) is 7.49. The molecule has 2 aromatic carbocycles. The molecule has 2 rings (SSSR count). The lowest BCUT2D eigenvalue weighted by molar-refractivity contribution is 0.0536. The molecule has 0 saturated carbocycles. The van der Waals surface area contributed by atoms with Crippen molar-refractivity contribution in [2.75, 3.05) is 19.8 Å². The summed E-state index contributed by atoms with van der Waals surface area (Å²) in [7, 11) is 0. The molecular weight excluding hydrogens is 310 g/mol. The highest BCUT2D eigenvalue weighted by Gasteiger charge is 2.04. The molecule has 0 aliphatic heterocycles. The van der Waals surface area contributed by atoms with E-state index in [1.54, 1.807) is 6.07 Å². The molecule has 126 valence electrons. The Morgan fingerprint density at radius 2 is 1.96 bits per heavy atom. The van der Waals surface area contributed by atoms with Crippen molar-refractivity contribution in [2.45, 2.75) is 12.5 Å². The van der Waals surface area contributed by atoms with Gasteiger partial charge < -0.3 is 25.4 Å². The first-order chi connectivity index (χ1) is 11.6. The molecule has 0 aliphatic carbocycles. The number of fused-ring (bicyclic) bond motifs is 1. The van der Waals surface area contributed by atoms with Gasteiger partial charge in [-0.3, -0.25) is 0 Å². The third kappa shape index (κ3) is 5.47. The van der Waals surface area contributed by atoms with Crippen molar-refractivity contribution in [1.82, 2.24) is 5.32 Å². The molecule has 0 bridgehead atoms. The van der Waals surface area contributed by atoms with Gasteiger partial charge in [-0.2, -0.15) is 0 Å². The second kappa shape index (κ2) is 8.77. The Balaban J connectivity index is 2.01. The molecule has 24 heavy (non-hydrogen) atoms. The third-order valence-electron chi connectivity index (χ3n) is 3.22. The van der Waals surface area contributed by atoms with E-state index in [0.29, 0.717) is 18.7 Å². The molecule has 0 radical (unpaired) electrons. The van der Waals surface area contributed by atoms with E-state index in [0.717, 1.165) is 16.3 Å². The van der Waals surface area contributed by atoms with Crippen molar-refractivity contribution in [3.63, 3.8) is 0 Å². The summed E-state index contributed by atoms with van der Waals surface area (Å²) in [6.07, 6.45) is -1.49. The number of aliphatic hydroxyl groups excluding tert-OH is 2. The van der Waals surface area contributed by atoms with Gasteiger partial charge in [0.1, 0.15) is 18.5 Å². The first-order valence-electron chi connectivity index (χ1n) is 7.49. The summed E-state index contributed by atoms with van der Waals surface area (Å²) in [5.41, 5.74) is 0.849. The van der Waals surface area contributed by atoms with Gasteiger partial charge in [0.15, 0.2) is 0 Å². The van der Waals surface area contributed by atoms with Crippen molar-refractivity contribution >= 4 is 16.9 Å². The fraction of sp³-hybridized carbons (Fsp3) is 0.278. The number of carboxylic acid groups (broad SMARTS) is 1. The summed E-state index contributed by atoms with van der Waals surface area (Å²) >= 11 is 0. The molecule has 0 aliphatic rings. The number of rotatable bonds is 6. The first kappa shape index (κ1) is 17.6. The van der Waals surface area contributed by atoms with Crippen LogP contribution in [0.5, 0.6) is 5.75 Å². The highest BCUT2D eigenvalue weighted by atomic mass is 16.5. The fourth-order valence-electron chi connectivity index (χ4n) is 2.03. The summed E-state index contributed by atoms with van der Waals surface area (Å²) < 4.78 is 5.42. The number of ether oxygens (including phenoxy) is 1. The van der Waals surface area contributed by atoms with E-state index in [1.165, 1.54) is 0 Å². The van der Waals surface area contributed by atoms with E-state index in [9.17, 15) is 9.90 Å². The van der Waals surface area contributed by atoms with Crippen molar-refractivity contribution in [2.24, 2.45) is 0 Å². The molecule has 0 heterocycles. The fourth-order valence-corrected chi connectivity index (χ4v) is 2.03. The van der Waals surface area contributed by atoms with Crippen LogP contribution in [0.4, 0.5) is 4.79 Å². The molecule has 1 unspecified atom stereocenters. The Kier molecular flexibility index (Phi) is 6.43. The minimum Gasteiger partial charge on any atom is -0.491 e. The number of carbonyl (C=O) groups is 1. The van der Waals surface area contributed by atoms with Gasteiger partial charge in [0, 0.05) is 18.5 Å². The van der Waals surface area contributed by atoms with E-state index < -0.39 is 12.2 Å². The Hall–Kier alpha value is -2.75. The SMILES string of the molecule is O=C(O)NCCC#Cc1ccc2cc(OCC(O)CO)ccc2c1. The topological polar surface area (TPSA) is 99.0 Å². The van der Waals surface area contributed by atoms with Crippen LogP contribution in [-0.2, 0) is 0 Å². The van der Waals surface area contributed by atoms with E-state index >= 15 is 0 Å². The maximum Gasteiger partial charge on any atom is 0.404 e. The zero-order chi connectivity index (χ0) is 17.4.